The number of hydrogen-bond acceptors (Lipinski definition) is 5. The Bertz CT molecular complexity index is 854. The van der Waals surface area contributed by atoms with Crippen molar-refractivity contribution >= 4 is 11.6 Å². The lowest BCUT2D eigenvalue weighted by atomic mass is 9.90. The van der Waals surface area contributed by atoms with Crippen molar-refractivity contribution < 1.29 is 4.79 Å². The molecule has 128 valence electrons. The first kappa shape index (κ1) is 15.5. The van der Waals surface area contributed by atoms with Crippen LogP contribution in [-0.2, 0) is 11.8 Å². The highest BCUT2D eigenvalue weighted by Gasteiger charge is 2.34. The van der Waals surface area contributed by atoms with E-state index in [1.165, 1.54) is 0 Å². The van der Waals surface area contributed by atoms with E-state index < -0.39 is 0 Å². The van der Waals surface area contributed by atoms with E-state index in [1.54, 1.807) is 21.8 Å². The van der Waals surface area contributed by atoms with Gasteiger partial charge in [0, 0.05) is 37.9 Å². The van der Waals surface area contributed by atoms with Crippen molar-refractivity contribution in [3.05, 3.63) is 54.6 Å². The molecule has 4 rings (SSSR count). The van der Waals surface area contributed by atoms with Gasteiger partial charge < -0.3 is 10.6 Å². The van der Waals surface area contributed by atoms with E-state index >= 15 is 0 Å². The largest absolute Gasteiger partial charge is 0.326 e. The lowest BCUT2D eigenvalue weighted by molar-refractivity contribution is -0.119. The molecule has 0 radical (unpaired) electrons. The molecule has 25 heavy (non-hydrogen) atoms. The molecule has 2 N–H and O–H groups in total. The molecule has 8 nitrogen and oxygen atoms in total. The molecular formula is C17H19N7O. The van der Waals surface area contributed by atoms with Gasteiger partial charge in [-0.15, -0.1) is 5.10 Å². The molecule has 2 atom stereocenters. The van der Waals surface area contributed by atoms with E-state index in [4.69, 9.17) is 0 Å². The second kappa shape index (κ2) is 6.48. The topological polar surface area (TPSA) is 89.7 Å². The molecule has 0 saturated carbocycles. The number of nitrogens with one attached hydrogen (secondary N) is 2. The van der Waals surface area contributed by atoms with E-state index in [-0.39, 0.29) is 17.7 Å². The highest BCUT2D eigenvalue weighted by molar-refractivity contribution is 5.93. The van der Waals surface area contributed by atoms with E-state index in [2.05, 4.69) is 26.0 Å². The summed E-state index contributed by atoms with van der Waals surface area (Å²) in [5.41, 5.74) is 2.76. The van der Waals surface area contributed by atoms with E-state index in [9.17, 15) is 4.79 Å². The summed E-state index contributed by atoms with van der Waals surface area (Å²) in [6, 6.07) is 7.54. The molecule has 0 bridgehead atoms. The maximum absolute atomic E-state index is 12.7. The Morgan fingerprint density at radius 3 is 2.80 bits per heavy atom. The summed E-state index contributed by atoms with van der Waals surface area (Å²) in [5, 5.41) is 18.3. The Kier molecular flexibility index (Phi) is 4.02. The summed E-state index contributed by atoms with van der Waals surface area (Å²) in [7, 11) is 1.89. The summed E-state index contributed by atoms with van der Waals surface area (Å²) in [5.74, 6) is 0.0506. The first-order valence-electron chi connectivity index (χ1n) is 8.17. The number of aryl methyl sites for hydroxylation is 1. The van der Waals surface area contributed by atoms with E-state index in [1.807, 2.05) is 43.7 Å². The molecule has 1 aromatic carbocycles. The van der Waals surface area contributed by atoms with Crippen molar-refractivity contribution in [3.8, 4) is 5.69 Å². The SMILES string of the molecule is Cn1cc([C@H]2CNC[C@@H]2C(=O)Nc2ccc(-n3ccnn3)cc2)cn1. The van der Waals surface area contributed by atoms with Crippen LogP contribution in [0, 0.1) is 5.92 Å². The van der Waals surface area contributed by atoms with Crippen molar-refractivity contribution in [2.45, 2.75) is 5.92 Å². The number of nitrogens with zero attached hydrogens (tertiary/aromatic N) is 5. The molecule has 1 aliphatic heterocycles. The Morgan fingerprint density at radius 2 is 2.12 bits per heavy atom. The summed E-state index contributed by atoms with van der Waals surface area (Å²) >= 11 is 0. The van der Waals surface area contributed by atoms with Crippen molar-refractivity contribution in [1.82, 2.24) is 30.1 Å². The molecule has 2 aromatic heterocycles. The molecule has 3 aromatic rings. The molecule has 1 fully saturated rings. The highest BCUT2D eigenvalue weighted by Crippen LogP contribution is 2.29. The number of carbonyl (C=O) groups is 1. The standard InChI is InChI=1S/C17H19N7O/c1-23-11-12(8-20-23)15-9-18-10-16(15)17(25)21-13-2-4-14(5-3-13)24-7-6-19-22-24/h2-8,11,15-16,18H,9-10H2,1H3,(H,21,25)/t15-,16+/m1/s1. The van der Waals surface area contributed by atoms with Crippen molar-refractivity contribution in [3.63, 3.8) is 0 Å². The third kappa shape index (κ3) is 3.16. The van der Waals surface area contributed by atoms with Gasteiger partial charge in [0.15, 0.2) is 0 Å². The zero-order valence-electron chi connectivity index (χ0n) is 13.8. The molecule has 0 unspecified atom stereocenters. The third-order valence-corrected chi connectivity index (χ3v) is 4.53. The number of rotatable bonds is 4. The molecule has 1 saturated heterocycles. The van der Waals surface area contributed by atoms with Crippen LogP contribution in [0.2, 0.25) is 0 Å². The maximum Gasteiger partial charge on any atom is 0.229 e. The zero-order valence-corrected chi connectivity index (χ0v) is 13.8. The second-order valence-corrected chi connectivity index (χ2v) is 6.20. The second-order valence-electron chi connectivity index (χ2n) is 6.20. The molecular weight excluding hydrogens is 318 g/mol. The van der Waals surface area contributed by atoms with Gasteiger partial charge in [-0.05, 0) is 29.8 Å². The van der Waals surface area contributed by atoms with Gasteiger partial charge in [-0.1, -0.05) is 5.21 Å². The predicted molar refractivity (Wildman–Crippen MR) is 92.3 cm³/mol. The Hall–Kier alpha value is -3.00. The highest BCUT2D eigenvalue weighted by atomic mass is 16.2. The van der Waals surface area contributed by atoms with Crippen molar-refractivity contribution in [2.75, 3.05) is 18.4 Å². The van der Waals surface area contributed by atoms with Crippen LogP contribution in [0.15, 0.2) is 49.1 Å². The van der Waals surface area contributed by atoms with Crippen LogP contribution in [0.5, 0.6) is 0 Å². The minimum absolute atomic E-state index is 0.0207. The normalized spacial score (nSPS) is 19.9. The smallest absolute Gasteiger partial charge is 0.229 e. The quantitative estimate of drug-likeness (QED) is 0.740. The predicted octanol–water partition coefficient (Wildman–Crippen LogP) is 0.942. The number of benzene rings is 1. The van der Waals surface area contributed by atoms with Crippen LogP contribution in [-0.4, -0.2) is 43.8 Å². The minimum atomic E-state index is -0.112. The van der Waals surface area contributed by atoms with E-state index in [0.717, 1.165) is 23.5 Å². The van der Waals surface area contributed by atoms with Crippen LogP contribution < -0.4 is 10.6 Å². The van der Waals surface area contributed by atoms with Gasteiger partial charge in [-0.25, -0.2) is 4.68 Å². The number of amides is 1. The van der Waals surface area contributed by atoms with Gasteiger partial charge in [-0.3, -0.25) is 9.48 Å². The number of aromatic nitrogens is 5. The fourth-order valence-corrected chi connectivity index (χ4v) is 3.21. The first-order chi connectivity index (χ1) is 12.2. The Balaban J connectivity index is 1.46. The summed E-state index contributed by atoms with van der Waals surface area (Å²) in [4.78, 5) is 12.7. The van der Waals surface area contributed by atoms with Crippen LogP contribution in [0.3, 0.4) is 0 Å². The fraction of sp³-hybridized carbons (Fsp3) is 0.294. The third-order valence-electron chi connectivity index (χ3n) is 4.53. The zero-order chi connectivity index (χ0) is 17.2. The fourth-order valence-electron chi connectivity index (χ4n) is 3.21. The number of carbonyl (C=O) groups excluding carboxylic acids is 1. The number of hydrogen-bond donors (Lipinski definition) is 2. The van der Waals surface area contributed by atoms with Crippen LogP contribution in [0.4, 0.5) is 5.69 Å². The van der Waals surface area contributed by atoms with Crippen LogP contribution in [0.25, 0.3) is 5.69 Å². The Morgan fingerprint density at radius 1 is 1.28 bits per heavy atom. The lowest BCUT2D eigenvalue weighted by Crippen LogP contribution is -2.28. The molecule has 0 spiro atoms. The van der Waals surface area contributed by atoms with Gasteiger partial charge in [0.05, 0.1) is 30.2 Å². The molecule has 1 aliphatic rings. The average molecular weight is 337 g/mol. The van der Waals surface area contributed by atoms with Crippen LogP contribution in [0.1, 0.15) is 11.5 Å². The molecule has 1 amide bonds. The van der Waals surface area contributed by atoms with E-state index in [0.29, 0.717) is 6.54 Å². The molecule has 0 aliphatic carbocycles. The molecule has 3 heterocycles. The first-order valence-corrected chi connectivity index (χ1v) is 8.17. The van der Waals surface area contributed by atoms with Gasteiger partial charge in [-0.2, -0.15) is 5.10 Å². The summed E-state index contributed by atoms with van der Waals surface area (Å²) in [6.45, 7) is 1.46. The minimum Gasteiger partial charge on any atom is -0.326 e. The monoisotopic (exact) mass is 337 g/mol. The summed E-state index contributed by atoms with van der Waals surface area (Å²) < 4.78 is 3.44. The maximum atomic E-state index is 12.7. The van der Waals surface area contributed by atoms with Crippen LogP contribution >= 0.6 is 0 Å². The lowest BCUT2D eigenvalue weighted by Gasteiger charge is -2.17. The summed E-state index contributed by atoms with van der Waals surface area (Å²) in [6.07, 6.45) is 7.22. The number of anilines is 1. The molecule has 8 heteroatoms. The van der Waals surface area contributed by atoms with Gasteiger partial charge in [0.2, 0.25) is 5.91 Å². The van der Waals surface area contributed by atoms with Gasteiger partial charge >= 0.3 is 0 Å². The van der Waals surface area contributed by atoms with Crippen molar-refractivity contribution in [1.29, 1.82) is 0 Å². The van der Waals surface area contributed by atoms with Crippen molar-refractivity contribution in [2.24, 2.45) is 13.0 Å². The average Bonchev–Trinajstić information content (AvgIpc) is 3.36. The van der Waals surface area contributed by atoms with Gasteiger partial charge in [0.1, 0.15) is 0 Å². The Labute approximate surface area is 144 Å². The van der Waals surface area contributed by atoms with Gasteiger partial charge in [0.25, 0.3) is 0 Å².